The number of amides is 2. The quantitative estimate of drug-likeness (QED) is 0.881. The Morgan fingerprint density at radius 3 is 2.68 bits per heavy atom. The van der Waals surface area contributed by atoms with Crippen LogP contribution in [-0.2, 0) is 4.79 Å². The largest absolute Gasteiger partial charge is 0.369 e. The smallest absolute Gasteiger partial charge is 0.270 e. The Hall–Kier alpha value is -1.72. The molecule has 7 heteroatoms. The second-order valence-corrected chi connectivity index (χ2v) is 6.49. The zero-order chi connectivity index (χ0) is 16.0. The van der Waals surface area contributed by atoms with Crippen LogP contribution in [0, 0.1) is 11.8 Å². The molecule has 0 bridgehead atoms. The van der Waals surface area contributed by atoms with E-state index < -0.39 is 0 Å². The minimum Gasteiger partial charge on any atom is -0.369 e. The van der Waals surface area contributed by atoms with Gasteiger partial charge in [0.25, 0.3) is 5.91 Å². The zero-order valence-electron chi connectivity index (χ0n) is 11.9. The summed E-state index contributed by atoms with van der Waals surface area (Å²) in [6.07, 6.45) is 0. The highest BCUT2D eigenvalue weighted by Gasteiger charge is 2.36. The van der Waals surface area contributed by atoms with Crippen molar-refractivity contribution in [2.24, 2.45) is 17.6 Å². The van der Waals surface area contributed by atoms with E-state index in [9.17, 15) is 9.59 Å². The predicted octanol–water partition coefficient (Wildman–Crippen LogP) is 2.67. The topological polar surface area (TPSA) is 79.2 Å². The first-order valence-electron chi connectivity index (χ1n) is 6.93. The number of primary amides is 1. The molecule has 2 heterocycles. The maximum Gasteiger partial charge on any atom is 0.270 e. The number of fused-ring (bicyclic) bond motifs is 1. The van der Waals surface area contributed by atoms with Gasteiger partial charge in [0.1, 0.15) is 5.69 Å². The van der Waals surface area contributed by atoms with Gasteiger partial charge in [-0.3, -0.25) is 9.59 Å². The summed E-state index contributed by atoms with van der Waals surface area (Å²) in [5.74, 6) is -0.775. The molecule has 1 aromatic carbocycles. The summed E-state index contributed by atoms with van der Waals surface area (Å²) in [4.78, 5) is 28.7. The third-order valence-electron chi connectivity index (χ3n) is 4.19. The van der Waals surface area contributed by atoms with Crippen molar-refractivity contribution < 1.29 is 9.59 Å². The van der Waals surface area contributed by atoms with Gasteiger partial charge in [-0.2, -0.15) is 0 Å². The van der Waals surface area contributed by atoms with Crippen molar-refractivity contribution in [2.75, 3.05) is 13.1 Å². The van der Waals surface area contributed by atoms with Crippen molar-refractivity contribution in [2.45, 2.75) is 6.92 Å². The van der Waals surface area contributed by atoms with Gasteiger partial charge in [-0.05, 0) is 24.1 Å². The van der Waals surface area contributed by atoms with Crippen LogP contribution in [0.5, 0.6) is 0 Å². The molecule has 0 unspecified atom stereocenters. The lowest BCUT2D eigenvalue weighted by atomic mass is 9.98. The minimum atomic E-state index is -0.366. The highest BCUT2D eigenvalue weighted by molar-refractivity contribution is 6.45. The van der Waals surface area contributed by atoms with Crippen molar-refractivity contribution >= 4 is 45.9 Å². The Morgan fingerprint density at radius 1 is 1.32 bits per heavy atom. The first kappa shape index (κ1) is 15.2. The van der Waals surface area contributed by atoms with E-state index in [1.807, 2.05) is 6.92 Å². The van der Waals surface area contributed by atoms with Gasteiger partial charge < -0.3 is 15.6 Å². The summed E-state index contributed by atoms with van der Waals surface area (Å²) in [6.45, 7) is 2.78. The number of aromatic nitrogens is 1. The molecule has 1 aromatic heterocycles. The second kappa shape index (κ2) is 5.48. The maximum absolute atomic E-state index is 12.6. The van der Waals surface area contributed by atoms with E-state index in [2.05, 4.69) is 4.98 Å². The van der Waals surface area contributed by atoms with Gasteiger partial charge in [0.2, 0.25) is 5.91 Å². The number of aromatic amines is 1. The first-order chi connectivity index (χ1) is 10.4. The SMILES string of the molecule is C[C@H]1CN(C(=O)c2cc3c(Cl)c(Cl)ccc3[nH]2)C[C@@H]1C(N)=O. The molecule has 0 saturated carbocycles. The normalized spacial score (nSPS) is 21.5. The average molecular weight is 340 g/mol. The van der Waals surface area contributed by atoms with Crippen LogP contribution in [0.1, 0.15) is 17.4 Å². The lowest BCUT2D eigenvalue weighted by Crippen LogP contribution is -2.32. The van der Waals surface area contributed by atoms with E-state index in [-0.39, 0.29) is 23.7 Å². The number of likely N-dealkylation sites (tertiary alicyclic amines) is 1. The Bertz CT molecular complexity index is 771. The highest BCUT2D eigenvalue weighted by Crippen LogP contribution is 2.32. The van der Waals surface area contributed by atoms with Gasteiger partial charge in [0, 0.05) is 24.0 Å². The standard InChI is InChI=1S/C15H15Cl2N3O2/c1-7-5-20(6-9(7)14(18)21)15(22)12-4-8-11(19-12)3-2-10(16)13(8)17/h2-4,7,9,19H,5-6H2,1H3,(H2,18,21)/t7-,9-/m0/s1. The van der Waals surface area contributed by atoms with Gasteiger partial charge in [-0.15, -0.1) is 0 Å². The summed E-state index contributed by atoms with van der Waals surface area (Å²) in [7, 11) is 0. The van der Waals surface area contributed by atoms with Crippen LogP contribution in [-0.4, -0.2) is 34.8 Å². The molecule has 3 rings (SSSR count). The van der Waals surface area contributed by atoms with Crippen LogP contribution in [0.15, 0.2) is 18.2 Å². The fourth-order valence-electron chi connectivity index (χ4n) is 2.93. The van der Waals surface area contributed by atoms with E-state index in [4.69, 9.17) is 28.9 Å². The van der Waals surface area contributed by atoms with E-state index in [0.29, 0.717) is 34.2 Å². The Labute approximate surface area is 137 Å². The molecular weight excluding hydrogens is 325 g/mol. The first-order valence-corrected chi connectivity index (χ1v) is 7.69. The molecule has 1 aliphatic heterocycles. The van der Waals surface area contributed by atoms with Crippen molar-refractivity contribution in [3.05, 3.63) is 33.9 Å². The number of nitrogens with one attached hydrogen (secondary N) is 1. The van der Waals surface area contributed by atoms with Gasteiger partial charge in [-0.1, -0.05) is 30.1 Å². The van der Waals surface area contributed by atoms with Gasteiger partial charge in [-0.25, -0.2) is 0 Å². The Kier molecular flexibility index (Phi) is 3.78. The molecule has 1 saturated heterocycles. The number of halogens is 2. The van der Waals surface area contributed by atoms with E-state index in [1.54, 1.807) is 23.1 Å². The second-order valence-electron chi connectivity index (χ2n) is 5.70. The van der Waals surface area contributed by atoms with Gasteiger partial charge >= 0.3 is 0 Å². The van der Waals surface area contributed by atoms with E-state index >= 15 is 0 Å². The van der Waals surface area contributed by atoms with Crippen LogP contribution in [0.2, 0.25) is 10.0 Å². The molecule has 2 amide bonds. The lowest BCUT2D eigenvalue weighted by molar-refractivity contribution is -0.122. The average Bonchev–Trinajstić information content (AvgIpc) is 3.06. The molecule has 2 aromatic rings. The third kappa shape index (κ3) is 2.44. The summed E-state index contributed by atoms with van der Waals surface area (Å²) >= 11 is 12.1. The van der Waals surface area contributed by atoms with Crippen LogP contribution >= 0.6 is 23.2 Å². The summed E-state index contributed by atoms with van der Waals surface area (Å²) in [5.41, 5.74) is 6.54. The van der Waals surface area contributed by atoms with E-state index in [0.717, 1.165) is 5.52 Å². The number of H-pyrrole nitrogens is 1. The van der Waals surface area contributed by atoms with E-state index in [1.165, 1.54) is 0 Å². The predicted molar refractivity (Wildman–Crippen MR) is 86.1 cm³/mol. The zero-order valence-corrected chi connectivity index (χ0v) is 13.4. The van der Waals surface area contributed by atoms with Crippen molar-refractivity contribution in [3.8, 4) is 0 Å². The van der Waals surface area contributed by atoms with Crippen molar-refractivity contribution in [1.29, 1.82) is 0 Å². The number of hydrogen-bond donors (Lipinski definition) is 2. The number of benzene rings is 1. The number of hydrogen-bond acceptors (Lipinski definition) is 2. The highest BCUT2D eigenvalue weighted by atomic mass is 35.5. The number of nitrogens with zero attached hydrogens (tertiary/aromatic N) is 1. The summed E-state index contributed by atoms with van der Waals surface area (Å²) < 4.78 is 0. The molecule has 22 heavy (non-hydrogen) atoms. The Balaban J connectivity index is 1.90. The van der Waals surface area contributed by atoms with Crippen LogP contribution in [0.3, 0.4) is 0 Å². The molecule has 3 N–H and O–H groups in total. The number of carbonyl (C=O) groups is 2. The fraction of sp³-hybridized carbons (Fsp3) is 0.333. The molecule has 116 valence electrons. The van der Waals surface area contributed by atoms with Gasteiger partial charge in [0.15, 0.2) is 0 Å². The summed E-state index contributed by atoms with van der Waals surface area (Å²) in [5, 5.41) is 1.56. The maximum atomic E-state index is 12.6. The molecular formula is C15H15Cl2N3O2. The number of nitrogens with two attached hydrogens (primary N) is 1. The monoisotopic (exact) mass is 339 g/mol. The molecule has 0 aliphatic carbocycles. The van der Waals surface area contributed by atoms with Crippen LogP contribution in [0.4, 0.5) is 0 Å². The molecule has 5 nitrogen and oxygen atoms in total. The number of carbonyl (C=O) groups excluding carboxylic acids is 2. The molecule has 1 aliphatic rings. The Morgan fingerprint density at radius 2 is 2.05 bits per heavy atom. The van der Waals surface area contributed by atoms with Crippen molar-refractivity contribution in [1.82, 2.24) is 9.88 Å². The van der Waals surface area contributed by atoms with Gasteiger partial charge in [0.05, 0.1) is 16.0 Å². The summed E-state index contributed by atoms with van der Waals surface area (Å²) in [6, 6.07) is 5.14. The van der Waals surface area contributed by atoms with Crippen molar-refractivity contribution in [3.63, 3.8) is 0 Å². The van der Waals surface area contributed by atoms with Crippen LogP contribution in [0.25, 0.3) is 10.9 Å². The number of rotatable bonds is 2. The molecule has 0 spiro atoms. The fourth-order valence-corrected chi connectivity index (χ4v) is 3.31. The molecule has 2 atom stereocenters. The third-order valence-corrected chi connectivity index (χ3v) is 5.00. The molecule has 0 radical (unpaired) electrons. The minimum absolute atomic E-state index is 0.0591. The molecule has 1 fully saturated rings. The van der Waals surface area contributed by atoms with Crippen LogP contribution < -0.4 is 5.73 Å². The lowest BCUT2D eigenvalue weighted by Gasteiger charge is -2.14.